The first-order valence-corrected chi connectivity index (χ1v) is 5.19. The Morgan fingerprint density at radius 3 is 2.44 bits per heavy atom. The summed E-state index contributed by atoms with van der Waals surface area (Å²) in [5, 5.41) is 9.30. The number of aliphatic carboxylic acids is 1. The van der Waals surface area contributed by atoms with Gasteiger partial charge < -0.3 is 10.8 Å². The molecule has 0 saturated carbocycles. The molecule has 1 unspecified atom stereocenters. The van der Waals surface area contributed by atoms with Crippen molar-refractivity contribution in [2.45, 2.75) is 18.9 Å². The molecule has 0 aromatic heterocycles. The van der Waals surface area contributed by atoms with Gasteiger partial charge in [-0.05, 0) is 19.5 Å². The Kier molecular flexibility index (Phi) is 4.04. The smallest absolute Gasteiger partial charge is 0.324 e. The summed E-state index contributed by atoms with van der Waals surface area (Å²) in [7, 11) is 1.72. The van der Waals surface area contributed by atoms with Crippen molar-refractivity contribution in [2.75, 3.05) is 13.7 Å². The van der Waals surface area contributed by atoms with Crippen LogP contribution in [0.1, 0.15) is 12.5 Å². The average molecular weight is 222 g/mol. The molecule has 1 aromatic carbocycles. The molecule has 0 fully saturated rings. The number of carboxylic acids is 1. The van der Waals surface area contributed by atoms with E-state index in [0.717, 1.165) is 5.56 Å². The molecule has 0 aliphatic rings. The van der Waals surface area contributed by atoms with Crippen LogP contribution in [-0.2, 0) is 11.2 Å². The van der Waals surface area contributed by atoms with Crippen LogP contribution >= 0.6 is 0 Å². The van der Waals surface area contributed by atoms with Gasteiger partial charge in [-0.1, -0.05) is 30.3 Å². The highest BCUT2D eigenvalue weighted by Crippen LogP contribution is 2.19. The molecule has 0 amide bonds. The third kappa shape index (κ3) is 2.59. The summed E-state index contributed by atoms with van der Waals surface area (Å²) >= 11 is 0. The van der Waals surface area contributed by atoms with Crippen molar-refractivity contribution >= 4 is 5.97 Å². The zero-order valence-corrected chi connectivity index (χ0v) is 9.68. The highest BCUT2D eigenvalue weighted by Gasteiger charge is 2.36. The minimum absolute atomic E-state index is 0.218. The standard InChI is InChI=1S/C12H18N2O2/c1-12(11(15)16,14(2)9-13)8-10-6-4-3-5-7-10/h3-7H,8-9,13H2,1-2H3,(H,15,16). The van der Waals surface area contributed by atoms with Gasteiger partial charge in [0.1, 0.15) is 5.54 Å². The molecule has 3 N–H and O–H groups in total. The summed E-state index contributed by atoms with van der Waals surface area (Å²) < 4.78 is 0. The molecular weight excluding hydrogens is 204 g/mol. The van der Waals surface area contributed by atoms with Gasteiger partial charge in [0, 0.05) is 13.1 Å². The maximum Gasteiger partial charge on any atom is 0.324 e. The minimum atomic E-state index is -0.962. The highest BCUT2D eigenvalue weighted by molar-refractivity contribution is 5.78. The number of hydrogen-bond donors (Lipinski definition) is 2. The average Bonchev–Trinajstić information content (AvgIpc) is 2.28. The Bertz CT molecular complexity index is 353. The molecule has 0 saturated heterocycles. The van der Waals surface area contributed by atoms with Gasteiger partial charge in [-0.3, -0.25) is 9.69 Å². The van der Waals surface area contributed by atoms with Gasteiger partial charge in [0.2, 0.25) is 0 Å². The number of nitrogens with two attached hydrogens (primary N) is 1. The van der Waals surface area contributed by atoms with Gasteiger partial charge in [-0.15, -0.1) is 0 Å². The Labute approximate surface area is 95.7 Å². The lowest BCUT2D eigenvalue weighted by molar-refractivity contribution is -0.149. The number of rotatable bonds is 5. The minimum Gasteiger partial charge on any atom is -0.480 e. The molecule has 0 aliphatic carbocycles. The van der Waals surface area contributed by atoms with E-state index < -0.39 is 11.5 Å². The quantitative estimate of drug-likeness (QED) is 0.727. The van der Waals surface area contributed by atoms with E-state index in [2.05, 4.69) is 0 Å². The van der Waals surface area contributed by atoms with Crippen LogP contribution in [-0.4, -0.2) is 35.2 Å². The van der Waals surface area contributed by atoms with Crippen LogP contribution in [0.4, 0.5) is 0 Å². The molecule has 16 heavy (non-hydrogen) atoms. The van der Waals surface area contributed by atoms with Crippen LogP contribution in [0.2, 0.25) is 0 Å². The molecule has 0 heterocycles. The van der Waals surface area contributed by atoms with Gasteiger partial charge in [0.25, 0.3) is 0 Å². The fourth-order valence-electron chi connectivity index (χ4n) is 1.57. The van der Waals surface area contributed by atoms with Gasteiger partial charge in [-0.2, -0.15) is 0 Å². The zero-order chi connectivity index (χ0) is 12.2. The summed E-state index contributed by atoms with van der Waals surface area (Å²) in [6, 6.07) is 9.56. The van der Waals surface area contributed by atoms with Crippen LogP contribution in [0, 0.1) is 0 Å². The molecule has 4 nitrogen and oxygen atoms in total. The Morgan fingerprint density at radius 1 is 1.44 bits per heavy atom. The summed E-state index contributed by atoms with van der Waals surface area (Å²) in [4.78, 5) is 13.0. The van der Waals surface area contributed by atoms with E-state index in [1.807, 2.05) is 30.3 Å². The van der Waals surface area contributed by atoms with E-state index in [0.29, 0.717) is 6.42 Å². The maximum absolute atomic E-state index is 11.3. The van der Waals surface area contributed by atoms with Crippen molar-refractivity contribution in [3.63, 3.8) is 0 Å². The number of nitrogens with zero attached hydrogens (tertiary/aromatic N) is 1. The van der Waals surface area contributed by atoms with E-state index in [1.54, 1.807) is 18.9 Å². The molecular formula is C12H18N2O2. The van der Waals surface area contributed by atoms with E-state index >= 15 is 0 Å². The topological polar surface area (TPSA) is 66.6 Å². The largest absolute Gasteiger partial charge is 0.480 e. The zero-order valence-electron chi connectivity index (χ0n) is 9.68. The van der Waals surface area contributed by atoms with Crippen molar-refractivity contribution in [3.05, 3.63) is 35.9 Å². The maximum atomic E-state index is 11.3. The van der Waals surface area contributed by atoms with Crippen LogP contribution < -0.4 is 5.73 Å². The second-order valence-corrected chi connectivity index (χ2v) is 4.12. The van der Waals surface area contributed by atoms with Gasteiger partial charge in [-0.25, -0.2) is 0 Å². The van der Waals surface area contributed by atoms with E-state index in [1.165, 1.54) is 0 Å². The van der Waals surface area contributed by atoms with Crippen LogP contribution in [0.5, 0.6) is 0 Å². The highest BCUT2D eigenvalue weighted by atomic mass is 16.4. The normalized spacial score (nSPS) is 14.8. The van der Waals surface area contributed by atoms with E-state index in [9.17, 15) is 9.90 Å². The predicted octanol–water partition coefficient (Wildman–Crippen LogP) is 0.920. The summed E-state index contributed by atoms with van der Waals surface area (Å²) in [6.45, 7) is 1.91. The monoisotopic (exact) mass is 222 g/mol. The van der Waals surface area contributed by atoms with Crippen molar-refractivity contribution in [2.24, 2.45) is 5.73 Å². The third-order valence-corrected chi connectivity index (χ3v) is 2.97. The molecule has 1 aromatic rings. The second-order valence-electron chi connectivity index (χ2n) is 4.12. The fraction of sp³-hybridized carbons (Fsp3) is 0.417. The van der Waals surface area contributed by atoms with Crippen molar-refractivity contribution < 1.29 is 9.90 Å². The first-order chi connectivity index (χ1) is 7.50. The summed E-state index contributed by atoms with van der Waals surface area (Å²) in [5.41, 5.74) is 5.54. The number of carbonyl (C=O) groups is 1. The fourth-order valence-corrected chi connectivity index (χ4v) is 1.57. The summed E-state index contributed by atoms with van der Waals surface area (Å²) in [5.74, 6) is -0.857. The first kappa shape index (κ1) is 12.7. The number of hydrogen-bond acceptors (Lipinski definition) is 3. The third-order valence-electron chi connectivity index (χ3n) is 2.97. The molecule has 88 valence electrons. The molecule has 4 heteroatoms. The number of carboxylic acid groups (broad SMARTS) is 1. The molecule has 0 bridgehead atoms. The Hall–Kier alpha value is -1.39. The molecule has 1 rings (SSSR count). The second kappa shape index (κ2) is 5.09. The van der Waals surface area contributed by atoms with Crippen LogP contribution in [0.15, 0.2) is 30.3 Å². The number of benzene rings is 1. The Balaban J connectivity index is 2.92. The van der Waals surface area contributed by atoms with Crippen molar-refractivity contribution in [1.82, 2.24) is 4.90 Å². The van der Waals surface area contributed by atoms with Crippen LogP contribution in [0.25, 0.3) is 0 Å². The number of likely N-dealkylation sites (N-methyl/N-ethyl adjacent to an activating group) is 1. The SMILES string of the molecule is CN(CN)C(C)(Cc1ccccc1)C(=O)O. The predicted molar refractivity (Wildman–Crippen MR) is 63.0 cm³/mol. The van der Waals surface area contributed by atoms with Gasteiger partial charge >= 0.3 is 5.97 Å². The van der Waals surface area contributed by atoms with Gasteiger partial charge in [0.05, 0.1) is 0 Å². The molecule has 0 aliphatic heterocycles. The lowest BCUT2D eigenvalue weighted by atomic mass is 9.91. The van der Waals surface area contributed by atoms with E-state index in [4.69, 9.17) is 5.73 Å². The van der Waals surface area contributed by atoms with Crippen molar-refractivity contribution in [3.8, 4) is 0 Å². The van der Waals surface area contributed by atoms with Crippen molar-refractivity contribution in [1.29, 1.82) is 0 Å². The first-order valence-electron chi connectivity index (χ1n) is 5.19. The van der Waals surface area contributed by atoms with Crippen LogP contribution in [0.3, 0.4) is 0 Å². The summed E-state index contributed by atoms with van der Waals surface area (Å²) in [6.07, 6.45) is 0.441. The lowest BCUT2D eigenvalue weighted by Gasteiger charge is -2.34. The Morgan fingerprint density at radius 2 is 2.00 bits per heavy atom. The van der Waals surface area contributed by atoms with Gasteiger partial charge in [0.15, 0.2) is 0 Å². The molecule has 0 spiro atoms. The molecule has 0 radical (unpaired) electrons. The lowest BCUT2D eigenvalue weighted by Crippen LogP contribution is -2.54. The molecule has 1 atom stereocenters. The van der Waals surface area contributed by atoms with E-state index in [-0.39, 0.29) is 6.67 Å².